The molecule has 0 aromatic heterocycles. The molecule has 0 aliphatic carbocycles. The summed E-state index contributed by atoms with van der Waals surface area (Å²) in [6, 6.07) is 4.66. The lowest BCUT2D eigenvalue weighted by Gasteiger charge is -2.11. The molecule has 0 saturated carbocycles. The Balaban J connectivity index is 2.43. The van der Waals surface area contributed by atoms with E-state index < -0.39 is 10.0 Å². The van der Waals surface area contributed by atoms with Crippen molar-refractivity contribution in [3.8, 4) is 0 Å². The molecule has 0 spiro atoms. The Bertz CT molecular complexity index is 532. The zero-order valence-electron chi connectivity index (χ0n) is 12.7. The van der Waals surface area contributed by atoms with Crippen LogP contribution in [0.2, 0.25) is 0 Å². The second-order valence-corrected chi connectivity index (χ2v) is 6.59. The van der Waals surface area contributed by atoms with Crippen LogP contribution in [0.25, 0.3) is 0 Å². The van der Waals surface area contributed by atoms with Crippen LogP contribution < -0.4 is 15.8 Å². The first-order chi connectivity index (χ1) is 10.0. The van der Waals surface area contributed by atoms with Crippen molar-refractivity contribution >= 4 is 21.4 Å². The largest absolute Gasteiger partial charge is 0.397 e. The Morgan fingerprint density at radius 2 is 1.95 bits per heavy atom. The van der Waals surface area contributed by atoms with Crippen molar-refractivity contribution in [2.24, 2.45) is 0 Å². The van der Waals surface area contributed by atoms with E-state index in [-0.39, 0.29) is 4.90 Å². The van der Waals surface area contributed by atoms with Crippen LogP contribution in [0.3, 0.4) is 0 Å². The minimum atomic E-state index is -3.45. The van der Waals surface area contributed by atoms with Crippen molar-refractivity contribution in [3.05, 3.63) is 18.2 Å². The van der Waals surface area contributed by atoms with E-state index in [0.717, 1.165) is 38.1 Å². The lowest BCUT2D eigenvalue weighted by atomic mass is 10.2. The van der Waals surface area contributed by atoms with E-state index in [0.29, 0.717) is 12.3 Å². The van der Waals surface area contributed by atoms with Gasteiger partial charge in [-0.2, -0.15) is 0 Å². The van der Waals surface area contributed by atoms with Gasteiger partial charge < -0.3 is 15.8 Å². The quantitative estimate of drug-likeness (QED) is 0.452. The van der Waals surface area contributed by atoms with Crippen molar-refractivity contribution in [1.82, 2.24) is 4.72 Å². The molecule has 0 heterocycles. The molecule has 120 valence electrons. The zero-order chi connectivity index (χ0) is 15.7. The van der Waals surface area contributed by atoms with Crippen LogP contribution in [0.15, 0.2) is 23.1 Å². The first kappa shape index (κ1) is 17.7. The van der Waals surface area contributed by atoms with Crippen molar-refractivity contribution in [2.75, 3.05) is 37.9 Å². The van der Waals surface area contributed by atoms with Gasteiger partial charge in [-0.1, -0.05) is 13.3 Å². The molecule has 1 aromatic carbocycles. The normalized spacial score (nSPS) is 11.5. The number of rotatable bonds is 10. The highest BCUT2D eigenvalue weighted by atomic mass is 32.2. The van der Waals surface area contributed by atoms with Crippen LogP contribution in [0, 0.1) is 0 Å². The van der Waals surface area contributed by atoms with E-state index in [2.05, 4.69) is 17.0 Å². The smallest absolute Gasteiger partial charge is 0.240 e. The molecular weight excluding hydrogens is 290 g/mol. The number of nitrogens with one attached hydrogen (secondary N) is 2. The van der Waals surface area contributed by atoms with Crippen molar-refractivity contribution in [3.63, 3.8) is 0 Å². The van der Waals surface area contributed by atoms with E-state index in [1.165, 1.54) is 19.2 Å². The fourth-order valence-corrected chi connectivity index (χ4v) is 2.50. The molecule has 0 atom stereocenters. The number of nitrogens with two attached hydrogens (primary N) is 1. The number of hydrogen-bond donors (Lipinski definition) is 3. The molecule has 0 bridgehead atoms. The molecule has 4 N–H and O–H groups in total. The molecular formula is C14H25N3O3S. The summed E-state index contributed by atoms with van der Waals surface area (Å²) >= 11 is 0. The average Bonchev–Trinajstić information content (AvgIpc) is 2.47. The molecule has 0 radical (unpaired) electrons. The van der Waals surface area contributed by atoms with Crippen LogP contribution in [0.4, 0.5) is 11.4 Å². The predicted molar refractivity (Wildman–Crippen MR) is 85.9 cm³/mol. The summed E-state index contributed by atoms with van der Waals surface area (Å²) < 4.78 is 31.0. The number of nitrogen functional groups attached to an aromatic ring is 1. The molecule has 0 aliphatic heterocycles. The molecule has 0 saturated heterocycles. The molecule has 0 aliphatic rings. The van der Waals surface area contributed by atoms with Crippen LogP contribution in [0.1, 0.15) is 26.2 Å². The van der Waals surface area contributed by atoms with Gasteiger partial charge in [0.05, 0.1) is 16.3 Å². The number of sulfonamides is 1. The Hall–Kier alpha value is -1.31. The van der Waals surface area contributed by atoms with E-state index >= 15 is 0 Å². The second-order valence-electron chi connectivity index (χ2n) is 4.70. The van der Waals surface area contributed by atoms with Gasteiger partial charge in [0.2, 0.25) is 10.0 Å². The first-order valence-electron chi connectivity index (χ1n) is 7.16. The molecule has 1 aromatic rings. The lowest BCUT2D eigenvalue weighted by Crippen LogP contribution is -2.19. The van der Waals surface area contributed by atoms with Crippen LogP contribution in [-0.4, -0.2) is 35.2 Å². The Morgan fingerprint density at radius 1 is 1.24 bits per heavy atom. The third-order valence-electron chi connectivity index (χ3n) is 3.03. The van der Waals surface area contributed by atoms with Gasteiger partial charge >= 0.3 is 0 Å². The van der Waals surface area contributed by atoms with Crippen molar-refractivity contribution in [2.45, 2.75) is 31.1 Å². The van der Waals surface area contributed by atoms with Gasteiger partial charge in [0.1, 0.15) is 0 Å². The first-order valence-corrected chi connectivity index (χ1v) is 8.64. The molecule has 0 fully saturated rings. The van der Waals surface area contributed by atoms with Crippen LogP contribution >= 0.6 is 0 Å². The van der Waals surface area contributed by atoms with E-state index in [4.69, 9.17) is 10.5 Å². The minimum Gasteiger partial charge on any atom is -0.397 e. The van der Waals surface area contributed by atoms with Crippen molar-refractivity contribution in [1.29, 1.82) is 0 Å². The summed E-state index contributed by atoms with van der Waals surface area (Å²) in [7, 11) is -2.08. The molecule has 0 unspecified atom stereocenters. The monoisotopic (exact) mass is 315 g/mol. The topological polar surface area (TPSA) is 93.4 Å². The fourth-order valence-electron chi connectivity index (χ4n) is 1.73. The molecule has 7 heteroatoms. The lowest BCUT2D eigenvalue weighted by molar-refractivity contribution is 0.131. The molecule has 0 amide bonds. The maximum atomic E-state index is 11.6. The second kappa shape index (κ2) is 8.86. The summed E-state index contributed by atoms with van der Waals surface area (Å²) in [4.78, 5) is 0.163. The van der Waals surface area contributed by atoms with E-state index in [1.807, 2.05) is 0 Å². The highest BCUT2D eigenvalue weighted by molar-refractivity contribution is 7.89. The maximum Gasteiger partial charge on any atom is 0.240 e. The fraction of sp³-hybridized carbons (Fsp3) is 0.571. The average molecular weight is 315 g/mol. The van der Waals surface area contributed by atoms with E-state index in [9.17, 15) is 8.42 Å². The Kier molecular flexibility index (Phi) is 7.49. The summed E-state index contributed by atoms with van der Waals surface area (Å²) in [5, 5.41) is 3.18. The standard InChI is InChI=1S/C14H25N3O3S/c1-3-4-9-20-10-5-8-17-14-7-6-12(11-13(14)15)21(18,19)16-2/h6-7,11,16-17H,3-5,8-10,15H2,1-2H3. The molecule has 6 nitrogen and oxygen atoms in total. The number of anilines is 2. The van der Waals surface area contributed by atoms with Crippen molar-refractivity contribution < 1.29 is 13.2 Å². The third kappa shape index (κ3) is 5.91. The number of ether oxygens (including phenoxy) is 1. The van der Waals surface area contributed by atoms with Gasteiger partial charge in [0.15, 0.2) is 0 Å². The highest BCUT2D eigenvalue weighted by Crippen LogP contribution is 2.22. The summed E-state index contributed by atoms with van der Waals surface area (Å²) in [6.45, 7) is 4.37. The summed E-state index contributed by atoms with van der Waals surface area (Å²) in [6.07, 6.45) is 3.10. The summed E-state index contributed by atoms with van der Waals surface area (Å²) in [5.41, 5.74) is 7.02. The van der Waals surface area contributed by atoms with Crippen LogP contribution in [0.5, 0.6) is 0 Å². The zero-order valence-corrected chi connectivity index (χ0v) is 13.5. The predicted octanol–water partition coefficient (Wildman–Crippen LogP) is 1.80. The van der Waals surface area contributed by atoms with Gasteiger partial charge in [-0.25, -0.2) is 13.1 Å². The van der Waals surface area contributed by atoms with E-state index in [1.54, 1.807) is 6.07 Å². The summed E-state index contributed by atoms with van der Waals surface area (Å²) in [5.74, 6) is 0. The van der Waals surface area contributed by atoms with Gasteiger partial charge in [-0.15, -0.1) is 0 Å². The molecule has 1 rings (SSSR count). The highest BCUT2D eigenvalue weighted by Gasteiger charge is 2.12. The molecule has 21 heavy (non-hydrogen) atoms. The SMILES string of the molecule is CCCCOCCCNc1ccc(S(=O)(=O)NC)cc1N. The van der Waals surface area contributed by atoms with Gasteiger partial charge in [-0.05, 0) is 38.1 Å². The van der Waals surface area contributed by atoms with Crippen LogP contribution in [-0.2, 0) is 14.8 Å². The number of benzene rings is 1. The Labute approximate surface area is 127 Å². The van der Waals surface area contributed by atoms with Gasteiger partial charge in [0, 0.05) is 19.8 Å². The van der Waals surface area contributed by atoms with Gasteiger partial charge in [-0.3, -0.25) is 0 Å². The Morgan fingerprint density at radius 3 is 2.57 bits per heavy atom. The van der Waals surface area contributed by atoms with Gasteiger partial charge in [0.25, 0.3) is 0 Å². The minimum absolute atomic E-state index is 0.163. The maximum absolute atomic E-state index is 11.6. The number of unbranched alkanes of at least 4 members (excludes halogenated alkanes) is 1. The third-order valence-corrected chi connectivity index (χ3v) is 4.44. The number of hydrogen-bond acceptors (Lipinski definition) is 5.